The van der Waals surface area contributed by atoms with E-state index < -0.39 is 12.1 Å². The van der Waals surface area contributed by atoms with Crippen LogP contribution >= 0.6 is 23.3 Å². The summed E-state index contributed by atoms with van der Waals surface area (Å²) in [6.45, 7) is 0. The average Bonchev–Trinajstić information content (AvgIpc) is 2.55. The van der Waals surface area contributed by atoms with Crippen molar-refractivity contribution in [1.82, 2.24) is 9.36 Å². The van der Waals surface area contributed by atoms with Crippen LogP contribution in [0.15, 0.2) is 10.7 Å². The van der Waals surface area contributed by atoms with Crippen molar-refractivity contribution in [3.63, 3.8) is 0 Å². The van der Waals surface area contributed by atoms with Crippen LogP contribution in [0.25, 0.3) is 0 Å². The highest BCUT2D eigenvalue weighted by atomic mass is 32.2. The summed E-state index contributed by atoms with van der Waals surface area (Å²) < 4.78 is 40.3. The molecule has 0 amide bonds. The van der Waals surface area contributed by atoms with Crippen molar-refractivity contribution < 1.29 is 13.2 Å². The molecule has 0 aliphatic carbocycles. The van der Waals surface area contributed by atoms with E-state index in [0.717, 1.165) is 23.3 Å². The monoisotopic (exact) mass is 239 g/mol. The minimum Gasteiger partial charge on any atom is -0.216 e. The number of halogens is 3. The number of aromatic nitrogens is 2. The Morgan fingerprint density at radius 1 is 1.64 bits per heavy atom. The second-order valence-electron chi connectivity index (χ2n) is 2.24. The molecule has 8 heteroatoms. The minimum atomic E-state index is -4.47. The summed E-state index contributed by atoms with van der Waals surface area (Å²) >= 11 is 1.90. The number of thioether (sulfide) groups is 1. The maximum absolute atomic E-state index is 12.1. The highest BCUT2D eigenvalue weighted by Crippen LogP contribution is 2.31. The molecular weight excluding hydrogens is 235 g/mol. The van der Waals surface area contributed by atoms with Gasteiger partial charge in [0.2, 0.25) is 0 Å². The van der Waals surface area contributed by atoms with Crippen LogP contribution in [0.3, 0.4) is 0 Å². The number of rotatable bonds is 3. The van der Waals surface area contributed by atoms with Crippen LogP contribution in [0.5, 0.6) is 0 Å². The maximum atomic E-state index is 12.1. The van der Waals surface area contributed by atoms with Crippen molar-refractivity contribution in [1.29, 1.82) is 5.26 Å². The fourth-order valence-electron chi connectivity index (χ4n) is 0.586. The van der Waals surface area contributed by atoms with Crippen LogP contribution in [-0.2, 0) is 0 Å². The van der Waals surface area contributed by atoms with Crippen LogP contribution in [0.2, 0.25) is 0 Å². The highest BCUT2D eigenvalue weighted by molar-refractivity contribution is 8.00. The molecule has 1 atom stereocenters. The number of hydrogen-bond acceptors (Lipinski definition) is 5. The minimum absolute atomic E-state index is 0.338. The first-order valence-electron chi connectivity index (χ1n) is 3.40. The zero-order valence-electron chi connectivity index (χ0n) is 6.65. The van der Waals surface area contributed by atoms with Gasteiger partial charge in [0.15, 0.2) is 10.3 Å². The van der Waals surface area contributed by atoms with E-state index in [-0.39, 0.29) is 5.75 Å². The highest BCUT2D eigenvalue weighted by Gasteiger charge is 2.39. The zero-order valence-corrected chi connectivity index (χ0v) is 8.29. The van der Waals surface area contributed by atoms with Gasteiger partial charge in [-0.15, -0.1) is 0 Å². The van der Waals surface area contributed by atoms with E-state index in [1.807, 2.05) is 0 Å². The summed E-state index contributed by atoms with van der Waals surface area (Å²) in [7, 11) is 0. The molecule has 1 aromatic heterocycles. The molecule has 0 saturated carbocycles. The normalized spacial score (nSPS) is 13.6. The third-order valence-corrected chi connectivity index (χ3v) is 3.16. The van der Waals surface area contributed by atoms with Crippen LogP contribution in [0.4, 0.5) is 13.2 Å². The number of alkyl halides is 3. The van der Waals surface area contributed by atoms with Gasteiger partial charge in [0.05, 0.1) is 6.07 Å². The topological polar surface area (TPSA) is 49.6 Å². The van der Waals surface area contributed by atoms with Crippen molar-refractivity contribution in [3.8, 4) is 6.07 Å². The van der Waals surface area contributed by atoms with Gasteiger partial charge in [0.1, 0.15) is 6.33 Å². The average molecular weight is 239 g/mol. The van der Waals surface area contributed by atoms with Gasteiger partial charge in [-0.1, -0.05) is 11.8 Å². The lowest BCUT2D eigenvalue weighted by Crippen LogP contribution is -2.23. The third kappa shape index (κ3) is 3.16. The predicted molar refractivity (Wildman–Crippen MR) is 45.8 cm³/mol. The van der Waals surface area contributed by atoms with Gasteiger partial charge in [-0.2, -0.15) is 22.8 Å². The predicted octanol–water partition coefficient (Wildman–Crippen LogP) is 2.33. The van der Waals surface area contributed by atoms with E-state index in [1.165, 1.54) is 12.4 Å². The number of nitrogens with zero attached hydrogens (tertiary/aromatic N) is 3. The molecule has 0 fully saturated rings. The van der Waals surface area contributed by atoms with Crippen LogP contribution in [0.1, 0.15) is 0 Å². The molecule has 0 N–H and O–H groups in total. The van der Waals surface area contributed by atoms with Crippen molar-refractivity contribution in [2.75, 3.05) is 5.75 Å². The summed E-state index contributed by atoms with van der Waals surface area (Å²) in [5.74, 6) is -2.29. The molecule has 0 aliphatic rings. The Kier molecular flexibility index (Phi) is 3.71. The van der Waals surface area contributed by atoms with E-state index in [4.69, 9.17) is 5.26 Å². The van der Waals surface area contributed by atoms with Gasteiger partial charge in [-0.3, -0.25) is 0 Å². The Labute approximate surface area is 86.1 Å². The summed E-state index contributed by atoms with van der Waals surface area (Å²) in [4.78, 5) is 3.70. The largest absolute Gasteiger partial charge is 0.405 e. The van der Waals surface area contributed by atoms with Gasteiger partial charge in [0.25, 0.3) is 0 Å². The van der Waals surface area contributed by atoms with Gasteiger partial charge >= 0.3 is 6.18 Å². The van der Waals surface area contributed by atoms with Gasteiger partial charge in [-0.05, 0) is 11.5 Å². The standard InChI is InChI=1S/C6H4F3N3S2/c7-6(8,9)4(1-10)2-13-5-11-3-12-14-5/h3-4H,2H2. The van der Waals surface area contributed by atoms with Gasteiger partial charge in [-0.25, -0.2) is 4.98 Å². The van der Waals surface area contributed by atoms with Crippen LogP contribution < -0.4 is 0 Å². The van der Waals surface area contributed by atoms with Crippen molar-refractivity contribution >= 4 is 23.3 Å². The van der Waals surface area contributed by atoms with E-state index in [9.17, 15) is 13.2 Å². The van der Waals surface area contributed by atoms with E-state index in [1.54, 1.807) is 0 Å². The van der Waals surface area contributed by atoms with Crippen LogP contribution in [-0.4, -0.2) is 21.3 Å². The first-order chi connectivity index (χ1) is 6.54. The van der Waals surface area contributed by atoms with Crippen molar-refractivity contribution in [2.45, 2.75) is 10.5 Å². The number of nitriles is 1. The SMILES string of the molecule is N#CC(CSc1ncns1)C(F)(F)F. The summed E-state index contributed by atoms with van der Waals surface area (Å²) in [5, 5.41) is 8.27. The molecule has 1 rings (SSSR count). The van der Waals surface area contributed by atoms with Crippen molar-refractivity contribution in [3.05, 3.63) is 6.33 Å². The zero-order chi connectivity index (χ0) is 10.6. The molecule has 1 unspecified atom stereocenters. The van der Waals surface area contributed by atoms with E-state index >= 15 is 0 Å². The second-order valence-corrected chi connectivity index (χ2v) is 4.29. The molecule has 14 heavy (non-hydrogen) atoms. The lowest BCUT2D eigenvalue weighted by molar-refractivity contribution is -0.152. The van der Waals surface area contributed by atoms with E-state index in [2.05, 4.69) is 9.36 Å². The molecule has 0 spiro atoms. The van der Waals surface area contributed by atoms with E-state index in [0.29, 0.717) is 4.34 Å². The summed E-state index contributed by atoms with van der Waals surface area (Å²) in [5.41, 5.74) is 0. The smallest absolute Gasteiger partial charge is 0.216 e. The quantitative estimate of drug-likeness (QED) is 0.759. The molecular formula is C6H4F3N3S2. The van der Waals surface area contributed by atoms with Gasteiger partial charge in [0, 0.05) is 5.75 Å². The molecule has 76 valence electrons. The molecule has 1 heterocycles. The Hall–Kier alpha value is -0.810. The molecule has 0 radical (unpaired) electrons. The molecule has 1 aromatic rings. The number of hydrogen-bond donors (Lipinski definition) is 0. The Morgan fingerprint density at radius 2 is 2.36 bits per heavy atom. The van der Waals surface area contributed by atoms with Crippen molar-refractivity contribution in [2.24, 2.45) is 5.92 Å². The molecule has 0 bridgehead atoms. The fraction of sp³-hybridized carbons (Fsp3) is 0.500. The Balaban J connectivity index is 2.48. The fourth-order valence-corrected chi connectivity index (χ4v) is 2.10. The Morgan fingerprint density at radius 3 is 2.79 bits per heavy atom. The Bertz CT molecular complexity index is 316. The van der Waals surface area contributed by atoms with Gasteiger partial charge < -0.3 is 0 Å². The first-order valence-corrected chi connectivity index (χ1v) is 5.15. The lowest BCUT2D eigenvalue weighted by atomic mass is 10.2. The second kappa shape index (κ2) is 4.61. The summed E-state index contributed by atoms with van der Waals surface area (Å²) in [6.07, 6.45) is -3.20. The first kappa shape index (κ1) is 11.3. The van der Waals surface area contributed by atoms with Crippen LogP contribution in [0, 0.1) is 17.2 Å². The summed E-state index contributed by atoms with van der Waals surface area (Å²) in [6, 6.07) is 1.22. The molecule has 0 saturated heterocycles. The molecule has 0 aliphatic heterocycles. The molecule has 3 nitrogen and oxygen atoms in total. The molecule has 0 aromatic carbocycles. The maximum Gasteiger partial charge on any atom is 0.405 e. The lowest BCUT2D eigenvalue weighted by Gasteiger charge is -2.10. The third-order valence-electron chi connectivity index (χ3n) is 1.27.